The molecule has 0 fully saturated rings. The van der Waals surface area contributed by atoms with E-state index in [4.69, 9.17) is 11.6 Å². The van der Waals surface area contributed by atoms with Crippen LogP contribution in [-0.4, -0.2) is 6.18 Å². The van der Waals surface area contributed by atoms with Crippen molar-refractivity contribution in [2.45, 2.75) is 12.3 Å². The molecule has 84 valence electrons. The second-order valence-corrected chi connectivity index (χ2v) is 3.92. The third kappa shape index (κ3) is 2.60. The second-order valence-electron chi connectivity index (χ2n) is 2.66. The first-order valence-electron chi connectivity index (χ1n) is 3.59. The highest BCUT2D eigenvalue weighted by atomic mass is 79.9. The van der Waals surface area contributed by atoms with Gasteiger partial charge < -0.3 is 0 Å². The highest BCUT2D eigenvalue weighted by Crippen LogP contribution is 2.41. The number of hydrogen-bond acceptors (Lipinski definition) is 0. The van der Waals surface area contributed by atoms with Crippen LogP contribution < -0.4 is 0 Å². The highest BCUT2D eigenvalue weighted by molar-refractivity contribution is 9.10. The zero-order valence-electron chi connectivity index (χ0n) is 6.88. The van der Waals surface area contributed by atoms with Crippen LogP contribution in [0, 0.1) is 5.82 Å². The molecule has 1 unspecified atom stereocenters. The maximum Gasteiger partial charge on any atom is 0.424 e. The quantitative estimate of drug-likeness (QED) is 0.515. The lowest BCUT2D eigenvalue weighted by Gasteiger charge is -2.15. The van der Waals surface area contributed by atoms with Gasteiger partial charge in [-0.05, 0) is 28.1 Å². The monoisotopic (exact) mass is 308 g/mol. The molecule has 1 atom stereocenters. The predicted octanol–water partition coefficient (Wildman–Crippen LogP) is 4.81. The van der Waals surface area contributed by atoms with Crippen LogP contribution >= 0.6 is 27.5 Å². The van der Waals surface area contributed by atoms with Crippen molar-refractivity contribution < 1.29 is 22.0 Å². The van der Waals surface area contributed by atoms with Crippen LogP contribution in [0.2, 0.25) is 5.02 Å². The minimum absolute atomic E-state index is 0.270. The Morgan fingerprint density at radius 2 is 1.80 bits per heavy atom. The first-order chi connectivity index (χ1) is 6.75. The highest BCUT2D eigenvalue weighted by Gasteiger charge is 2.44. The van der Waals surface area contributed by atoms with Gasteiger partial charge in [0, 0.05) is 0 Å². The van der Waals surface area contributed by atoms with Gasteiger partial charge in [-0.2, -0.15) is 13.2 Å². The van der Waals surface area contributed by atoms with E-state index in [2.05, 4.69) is 15.9 Å². The van der Waals surface area contributed by atoms with Crippen molar-refractivity contribution >= 4 is 27.5 Å². The van der Waals surface area contributed by atoms with E-state index in [9.17, 15) is 22.0 Å². The van der Waals surface area contributed by atoms with Crippen LogP contribution in [0.25, 0.3) is 0 Å². The fourth-order valence-electron chi connectivity index (χ4n) is 0.939. The summed E-state index contributed by atoms with van der Waals surface area (Å²) < 4.78 is 61.8. The van der Waals surface area contributed by atoms with Gasteiger partial charge in [-0.1, -0.05) is 11.6 Å². The average molecular weight is 309 g/mol. The van der Waals surface area contributed by atoms with E-state index in [0.717, 1.165) is 12.1 Å². The molecule has 0 saturated carbocycles. The average Bonchev–Trinajstić information content (AvgIpc) is 2.10. The van der Waals surface area contributed by atoms with Gasteiger partial charge >= 0.3 is 6.18 Å². The van der Waals surface area contributed by atoms with E-state index in [-0.39, 0.29) is 4.47 Å². The summed E-state index contributed by atoms with van der Waals surface area (Å²) in [5.41, 5.74) is -1.20. The van der Waals surface area contributed by atoms with Crippen molar-refractivity contribution in [2.24, 2.45) is 0 Å². The molecule has 0 spiro atoms. The Morgan fingerprint density at radius 3 is 2.27 bits per heavy atom. The van der Waals surface area contributed by atoms with Gasteiger partial charge in [-0.3, -0.25) is 0 Å². The normalized spacial score (nSPS) is 14.1. The third-order valence-electron chi connectivity index (χ3n) is 1.62. The van der Waals surface area contributed by atoms with Gasteiger partial charge in [0.1, 0.15) is 5.82 Å². The standard InChI is InChI=1S/C8H3BrClF5/c9-3-1-2-4(10)5(6(3)11)7(12)8(13,14)15/h1-2,7H. The minimum Gasteiger partial charge on any atom is -0.232 e. The molecule has 1 aromatic rings. The maximum atomic E-state index is 13.2. The van der Waals surface area contributed by atoms with Gasteiger partial charge in [0.05, 0.1) is 15.1 Å². The van der Waals surface area contributed by atoms with Crippen molar-refractivity contribution in [2.75, 3.05) is 0 Å². The van der Waals surface area contributed by atoms with Crippen LogP contribution in [0.5, 0.6) is 0 Å². The Morgan fingerprint density at radius 1 is 1.27 bits per heavy atom. The summed E-state index contributed by atoms with van der Waals surface area (Å²) in [6.07, 6.45) is -8.60. The number of alkyl halides is 4. The van der Waals surface area contributed by atoms with E-state index in [1.54, 1.807) is 0 Å². The molecule has 0 aliphatic carbocycles. The largest absolute Gasteiger partial charge is 0.424 e. The summed E-state index contributed by atoms with van der Waals surface area (Å²) in [5.74, 6) is -1.34. The van der Waals surface area contributed by atoms with Crippen LogP contribution in [0.3, 0.4) is 0 Å². The molecule has 1 rings (SSSR count). The molecule has 0 bridgehead atoms. The SMILES string of the molecule is Fc1c(Br)ccc(Cl)c1C(F)C(F)(F)F. The molecule has 15 heavy (non-hydrogen) atoms. The van der Waals surface area contributed by atoms with Gasteiger partial charge in [0.2, 0.25) is 6.17 Å². The second kappa shape index (κ2) is 4.25. The Labute approximate surface area is 95.2 Å². The zero-order chi connectivity index (χ0) is 11.8. The van der Waals surface area contributed by atoms with E-state index >= 15 is 0 Å². The molecule has 7 heteroatoms. The topological polar surface area (TPSA) is 0 Å². The van der Waals surface area contributed by atoms with Crippen molar-refractivity contribution in [1.29, 1.82) is 0 Å². The van der Waals surface area contributed by atoms with Crippen molar-refractivity contribution in [3.8, 4) is 0 Å². The van der Waals surface area contributed by atoms with Crippen LogP contribution in [0.4, 0.5) is 22.0 Å². The minimum atomic E-state index is -5.18. The fraction of sp³-hybridized carbons (Fsp3) is 0.250. The summed E-state index contributed by atoms with van der Waals surface area (Å²) >= 11 is 7.95. The first kappa shape index (κ1) is 12.7. The number of hydrogen-bond donors (Lipinski definition) is 0. The van der Waals surface area contributed by atoms with E-state index < -0.39 is 28.8 Å². The van der Waals surface area contributed by atoms with Crippen LogP contribution in [0.15, 0.2) is 16.6 Å². The maximum absolute atomic E-state index is 13.2. The third-order valence-corrected chi connectivity index (χ3v) is 2.56. The molecule has 0 aromatic heterocycles. The van der Waals surface area contributed by atoms with Gasteiger partial charge in [-0.25, -0.2) is 8.78 Å². The summed E-state index contributed by atoms with van der Waals surface area (Å²) in [6.45, 7) is 0. The molecule has 0 radical (unpaired) electrons. The van der Waals surface area contributed by atoms with E-state index in [0.29, 0.717) is 0 Å². The first-order valence-corrected chi connectivity index (χ1v) is 4.76. The summed E-state index contributed by atoms with van der Waals surface area (Å²) in [6, 6.07) is 2.09. The summed E-state index contributed by atoms with van der Waals surface area (Å²) in [5, 5.41) is -0.597. The molecule has 0 saturated heterocycles. The van der Waals surface area contributed by atoms with Gasteiger partial charge in [0.25, 0.3) is 0 Å². The van der Waals surface area contributed by atoms with Gasteiger partial charge in [-0.15, -0.1) is 0 Å². The molecular formula is C8H3BrClF5. The van der Waals surface area contributed by atoms with Gasteiger partial charge in [0.15, 0.2) is 0 Å². The molecule has 1 aromatic carbocycles. The Hall–Kier alpha value is -0.360. The van der Waals surface area contributed by atoms with E-state index in [1.165, 1.54) is 0 Å². The van der Waals surface area contributed by atoms with Crippen molar-refractivity contribution in [3.05, 3.63) is 33.0 Å². The van der Waals surface area contributed by atoms with Crippen LogP contribution in [0.1, 0.15) is 11.7 Å². The zero-order valence-corrected chi connectivity index (χ0v) is 9.22. The lowest BCUT2D eigenvalue weighted by Crippen LogP contribution is -2.18. The van der Waals surface area contributed by atoms with Crippen LogP contribution in [-0.2, 0) is 0 Å². The molecule has 0 N–H and O–H groups in total. The number of benzene rings is 1. The molecule has 0 aliphatic heterocycles. The fourth-order valence-corrected chi connectivity index (χ4v) is 1.53. The Bertz CT molecular complexity index is 376. The molecule has 0 heterocycles. The van der Waals surface area contributed by atoms with Crippen molar-refractivity contribution in [1.82, 2.24) is 0 Å². The summed E-state index contributed by atoms with van der Waals surface area (Å²) in [7, 11) is 0. The molecule has 0 aliphatic rings. The van der Waals surface area contributed by atoms with E-state index in [1.807, 2.05) is 0 Å². The Balaban J connectivity index is 3.31. The lowest BCUT2D eigenvalue weighted by atomic mass is 10.1. The number of rotatable bonds is 1. The molecule has 0 nitrogen and oxygen atoms in total. The Kier molecular flexibility index (Phi) is 3.60. The lowest BCUT2D eigenvalue weighted by molar-refractivity contribution is -0.183. The summed E-state index contributed by atoms with van der Waals surface area (Å²) in [4.78, 5) is 0. The van der Waals surface area contributed by atoms with Crippen molar-refractivity contribution in [3.63, 3.8) is 0 Å². The predicted molar refractivity (Wildman–Crippen MR) is 49.0 cm³/mol. The smallest absolute Gasteiger partial charge is 0.232 e. The number of halogens is 7. The molecule has 0 amide bonds. The molecular weight excluding hydrogens is 306 g/mol.